The Morgan fingerprint density at radius 2 is 1.25 bits per heavy atom. The lowest BCUT2D eigenvalue weighted by atomic mass is 9.89. The monoisotopic (exact) mass is 360 g/mol. The zero-order chi connectivity index (χ0) is 19.0. The molecule has 2 aliphatic rings. The standard InChI is InChI=1S/C28H24/c1-16(2)28-17(3)8-9-23-24-13-21-11-20-10-18-6-4-5-7-19(18)12-25(20)26(21)14-22(24)15-27(23)28/h4-10,12-14,16H,11,15H2,1-3H3. The molecule has 136 valence electrons. The van der Waals surface area contributed by atoms with Crippen molar-refractivity contribution in [1.82, 2.24) is 0 Å². The Kier molecular flexibility index (Phi) is 3.21. The predicted octanol–water partition coefficient (Wildman–Crippen LogP) is 7.41. The summed E-state index contributed by atoms with van der Waals surface area (Å²) in [7, 11) is 0. The Labute approximate surface area is 166 Å². The number of benzene rings is 4. The van der Waals surface area contributed by atoms with E-state index in [9.17, 15) is 0 Å². The van der Waals surface area contributed by atoms with E-state index in [-0.39, 0.29) is 0 Å². The highest BCUT2D eigenvalue weighted by atomic mass is 14.3. The van der Waals surface area contributed by atoms with Crippen LogP contribution < -0.4 is 0 Å². The Hall–Kier alpha value is -2.86. The van der Waals surface area contributed by atoms with Crippen LogP contribution in [0.3, 0.4) is 0 Å². The molecule has 0 saturated carbocycles. The Morgan fingerprint density at radius 1 is 0.643 bits per heavy atom. The second kappa shape index (κ2) is 5.58. The van der Waals surface area contributed by atoms with E-state index in [1.54, 1.807) is 11.1 Å². The van der Waals surface area contributed by atoms with Crippen molar-refractivity contribution in [1.29, 1.82) is 0 Å². The van der Waals surface area contributed by atoms with Crippen LogP contribution in [0.25, 0.3) is 33.0 Å². The van der Waals surface area contributed by atoms with Gasteiger partial charge in [-0.3, -0.25) is 0 Å². The first kappa shape index (κ1) is 16.1. The van der Waals surface area contributed by atoms with Crippen LogP contribution in [0.4, 0.5) is 0 Å². The van der Waals surface area contributed by atoms with Gasteiger partial charge in [0.2, 0.25) is 0 Å². The van der Waals surface area contributed by atoms with Gasteiger partial charge in [0.1, 0.15) is 0 Å². The van der Waals surface area contributed by atoms with Crippen LogP contribution >= 0.6 is 0 Å². The van der Waals surface area contributed by atoms with Crippen LogP contribution in [0.5, 0.6) is 0 Å². The van der Waals surface area contributed by atoms with Gasteiger partial charge in [-0.2, -0.15) is 0 Å². The summed E-state index contributed by atoms with van der Waals surface area (Å²) in [6, 6.07) is 23.2. The number of hydrogen-bond donors (Lipinski definition) is 0. The van der Waals surface area contributed by atoms with Crippen LogP contribution in [-0.2, 0) is 12.8 Å². The van der Waals surface area contributed by atoms with Gasteiger partial charge in [-0.15, -0.1) is 0 Å². The number of aryl methyl sites for hydroxylation is 1. The number of fused-ring (bicyclic) bond motifs is 7. The predicted molar refractivity (Wildman–Crippen MR) is 119 cm³/mol. The molecule has 0 aliphatic heterocycles. The van der Waals surface area contributed by atoms with E-state index in [1.807, 2.05) is 0 Å². The van der Waals surface area contributed by atoms with Crippen LogP contribution in [0.2, 0.25) is 0 Å². The van der Waals surface area contributed by atoms with E-state index < -0.39 is 0 Å². The Morgan fingerprint density at radius 3 is 2.00 bits per heavy atom. The highest BCUT2D eigenvalue weighted by molar-refractivity contribution is 5.93. The molecule has 6 rings (SSSR count). The van der Waals surface area contributed by atoms with Crippen molar-refractivity contribution >= 4 is 10.8 Å². The van der Waals surface area contributed by atoms with Crippen molar-refractivity contribution in [2.75, 3.05) is 0 Å². The average molecular weight is 361 g/mol. The summed E-state index contributed by atoms with van der Waals surface area (Å²) in [6.07, 6.45) is 2.14. The molecule has 28 heavy (non-hydrogen) atoms. The smallest absolute Gasteiger partial charge is 0.00103 e. The fraction of sp³-hybridized carbons (Fsp3) is 0.214. The minimum absolute atomic E-state index is 0.572. The lowest BCUT2D eigenvalue weighted by molar-refractivity contribution is 0.842. The molecule has 0 spiro atoms. The average Bonchev–Trinajstić information content (AvgIpc) is 3.20. The van der Waals surface area contributed by atoms with Crippen molar-refractivity contribution in [3.8, 4) is 22.3 Å². The van der Waals surface area contributed by atoms with Crippen LogP contribution in [-0.4, -0.2) is 0 Å². The van der Waals surface area contributed by atoms with Gasteiger partial charge in [-0.1, -0.05) is 56.3 Å². The molecule has 0 nitrogen and oxygen atoms in total. The van der Waals surface area contributed by atoms with Gasteiger partial charge in [0.15, 0.2) is 0 Å². The van der Waals surface area contributed by atoms with E-state index in [1.165, 1.54) is 55.3 Å². The van der Waals surface area contributed by atoms with Crippen molar-refractivity contribution in [3.63, 3.8) is 0 Å². The zero-order valence-electron chi connectivity index (χ0n) is 16.8. The van der Waals surface area contributed by atoms with Gasteiger partial charge in [-0.05, 0) is 110 Å². The largest absolute Gasteiger partial charge is 0.0616 e. The van der Waals surface area contributed by atoms with Crippen molar-refractivity contribution in [2.45, 2.75) is 39.5 Å². The topological polar surface area (TPSA) is 0 Å². The summed E-state index contributed by atoms with van der Waals surface area (Å²) in [5.74, 6) is 0.572. The molecule has 4 aromatic rings. The lowest BCUT2D eigenvalue weighted by Crippen LogP contribution is -1.98. The van der Waals surface area contributed by atoms with Gasteiger partial charge in [0, 0.05) is 0 Å². The van der Waals surface area contributed by atoms with Gasteiger partial charge in [0.25, 0.3) is 0 Å². The molecule has 2 aliphatic carbocycles. The molecular formula is C28H24. The van der Waals surface area contributed by atoms with E-state index >= 15 is 0 Å². The third-order valence-electron chi connectivity index (χ3n) is 6.78. The summed E-state index contributed by atoms with van der Waals surface area (Å²) < 4.78 is 0. The molecule has 4 aromatic carbocycles. The van der Waals surface area contributed by atoms with E-state index in [2.05, 4.69) is 81.4 Å². The molecule has 0 amide bonds. The highest BCUT2D eigenvalue weighted by Gasteiger charge is 2.27. The zero-order valence-corrected chi connectivity index (χ0v) is 16.8. The molecule has 0 N–H and O–H groups in total. The van der Waals surface area contributed by atoms with Gasteiger partial charge >= 0.3 is 0 Å². The minimum atomic E-state index is 0.572. The fourth-order valence-electron chi connectivity index (χ4n) is 5.59. The van der Waals surface area contributed by atoms with Crippen LogP contribution in [0.15, 0.2) is 60.7 Å². The molecule has 0 heteroatoms. The van der Waals surface area contributed by atoms with E-state index in [4.69, 9.17) is 0 Å². The summed E-state index contributed by atoms with van der Waals surface area (Å²) in [5, 5.41) is 2.69. The first-order valence-corrected chi connectivity index (χ1v) is 10.4. The molecule has 0 heterocycles. The molecular weight excluding hydrogens is 336 g/mol. The van der Waals surface area contributed by atoms with Crippen molar-refractivity contribution in [3.05, 3.63) is 94.0 Å². The molecule has 0 aromatic heterocycles. The number of rotatable bonds is 1. The first-order chi connectivity index (χ1) is 13.6. The first-order valence-electron chi connectivity index (χ1n) is 10.4. The second-order valence-corrected chi connectivity index (χ2v) is 8.85. The maximum absolute atomic E-state index is 2.49. The molecule has 0 fully saturated rings. The minimum Gasteiger partial charge on any atom is -0.0616 e. The highest BCUT2D eigenvalue weighted by Crippen LogP contribution is 2.47. The van der Waals surface area contributed by atoms with Crippen LogP contribution in [0, 0.1) is 6.92 Å². The third-order valence-corrected chi connectivity index (χ3v) is 6.78. The Balaban J connectivity index is 1.54. The van der Waals surface area contributed by atoms with E-state index in [0.29, 0.717) is 5.92 Å². The summed E-state index contributed by atoms with van der Waals surface area (Å²) in [6.45, 7) is 6.92. The van der Waals surface area contributed by atoms with E-state index in [0.717, 1.165) is 12.8 Å². The third kappa shape index (κ3) is 2.12. The quantitative estimate of drug-likeness (QED) is 0.286. The van der Waals surface area contributed by atoms with Crippen molar-refractivity contribution < 1.29 is 0 Å². The molecule has 0 bridgehead atoms. The maximum atomic E-state index is 2.49. The Bertz CT molecular complexity index is 1290. The normalized spacial score (nSPS) is 13.6. The number of hydrogen-bond acceptors (Lipinski definition) is 0. The molecule has 0 unspecified atom stereocenters. The molecule has 0 radical (unpaired) electrons. The molecule has 0 atom stereocenters. The van der Waals surface area contributed by atoms with Crippen molar-refractivity contribution in [2.24, 2.45) is 0 Å². The summed E-state index contributed by atoms with van der Waals surface area (Å²) >= 11 is 0. The van der Waals surface area contributed by atoms with Gasteiger partial charge in [-0.25, -0.2) is 0 Å². The summed E-state index contributed by atoms with van der Waals surface area (Å²) in [4.78, 5) is 0. The van der Waals surface area contributed by atoms with Gasteiger partial charge < -0.3 is 0 Å². The van der Waals surface area contributed by atoms with Gasteiger partial charge in [0.05, 0.1) is 0 Å². The summed E-state index contributed by atoms with van der Waals surface area (Å²) in [5.41, 5.74) is 14.8. The lowest BCUT2D eigenvalue weighted by Gasteiger charge is -2.15. The van der Waals surface area contributed by atoms with Crippen LogP contribution in [0.1, 0.15) is 53.1 Å². The fourth-order valence-corrected chi connectivity index (χ4v) is 5.59. The molecule has 0 saturated heterocycles. The second-order valence-electron chi connectivity index (χ2n) is 8.85. The SMILES string of the molecule is Cc1ccc2c(c1C(C)C)Cc1cc3c(cc1-2)Cc1cc2ccccc2cc1-3. The maximum Gasteiger partial charge on any atom is -0.00103 e.